The van der Waals surface area contributed by atoms with Crippen LogP contribution in [0.15, 0.2) is 37.1 Å². The van der Waals surface area contributed by atoms with Gasteiger partial charge >= 0.3 is 0 Å². The Morgan fingerprint density at radius 2 is 2.31 bits per heavy atom. The summed E-state index contributed by atoms with van der Waals surface area (Å²) in [6, 6.07) is 1.84. The van der Waals surface area contributed by atoms with Crippen LogP contribution >= 0.6 is 0 Å². The Kier molecular flexibility index (Phi) is 3.22. The van der Waals surface area contributed by atoms with Crippen LogP contribution in [-0.4, -0.2) is 32.2 Å². The van der Waals surface area contributed by atoms with Gasteiger partial charge in [0.1, 0.15) is 5.69 Å². The van der Waals surface area contributed by atoms with Crippen molar-refractivity contribution in [1.29, 1.82) is 0 Å². The molecule has 0 aliphatic carbocycles. The molecule has 0 saturated carbocycles. The number of carbonyl (C=O) groups is 1. The summed E-state index contributed by atoms with van der Waals surface area (Å²) in [5.41, 5.74) is 0.322. The molecule has 0 atom stereocenters. The van der Waals surface area contributed by atoms with Crippen LogP contribution in [0.4, 0.5) is 0 Å². The molecule has 1 N–H and O–H groups in total. The van der Waals surface area contributed by atoms with Gasteiger partial charge < -0.3 is 5.32 Å². The highest BCUT2D eigenvalue weighted by atomic mass is 16.1. The Morgan fingerprint density at radius 3 is 3.00 bits per heavy atom. The van der Waals surface area contributed by atoms with Crippen LogP contribution in [0.2, 0.25) is 0 Å². The first-order valence-corrected chi connectivity index (χ1v) is 4.88. The molecule has 0 aliphatic rings. The van der Waals surface area contributed by atoms with Crippen LogP contribution in [0.5, 0.6) is 0 Å². The van der Waals surface area contributed by atoms with Gasteiger partial charge in [-0.25, -0.2) is 4.98 Å². The predicted molar refractivity (Wildman–Crippen MR) is 56.6 cm³/mol. The first-order chi connectivity index (χ1) is 7.86. The summed E-state index contributed by atoms with van der Waals surface area (Å²) >= 11 is 0. The Labute approximate surface area is 92.3 Å². The van der Waals surface area contributed by atoms with E-state index in [1.165, 1.54) is 18.6 Å². The van der Waals surface area contributed by atoms with E-state index in [-0.39, 0.29) is 5.91 Å². The summed E-state index contributed by atoms with van der Waals surface area (Å²) in [4.78, 5) is 19.3. The number of hydrogen-bond acceptors (Lipinski definition) is 4. The Balaban J connectivity index is 1.81. The number of nitrogens with one attached hydrogen (secondary N) is 1. The minimum Gasteiger partial charge on any atom is -0.349 e. The Hall–Kier alpha value is -2.24. The minimum atomic E-state index is -0.222. The highest BCUT2D eigenvalue weighted by Crippen LogP contribution is 1.89. The van der Waals surface area contributed by atoms with Gasteiger partial charge in [0.2, 0.25) is 0 Å². The summed E-state index contributed by atoms with van der Waals surface area (Å²) in [5.74, 6) is -0.222. The van der Waals surface area contributed by atoms with Crippen molar-refractivity contribution in [2.45, 2.75) is 6.54 Å². The molecule has 2 rings (SSSR count). The molecule has 2 heterocycles. The Bertz CT molecular complexity index is 439. The molecule has 0 saturated heterocycles. The van der Waals surface area contributed by atoms with E-state index in [1.807, 2.05) is 12.3 Å². The molecule has 0 fully saturated rings. The molecule has 2 aromatic rings. The fourth-order valence-corrected chi connectivity index (χ4v) is 1.22. The molecule has 16 heavy (non-hydrogen) atoms. The highest BCUT2D eigenvalue weighted by Gasteiger charge is 2.05. The maximum absolute atomic E-state index is 11.5. The molecule has 6 nitrogen and oxygen atoms in total. The van der Waals surface area contributed by atoms with Crippen molar-refractivity contribution in [2.75, 3.05) is 6.54 Å². The van der Waals surface area contributed by atoms with Crippen molar-refractivity contribution >= 4 is 5.91 Å². The van der Waals surface area contributed by atoms with Gasteiger partial charge in [-0.15, -0.1) is 0 Å². The average Bonchev–Trinajstić information content (AvgIpc) is 2.83. The maximum Gasteiger partial charge on any atom is 0.271 e. The SMILES string of the molecule is O=C(NCCn1cccn1)c1cnccn1. The molecule has 0 unspecified atom stereocenters. The monoisotopic (exact) mass is 217 g/mol. The third-order valence-electron chi connectivity index (χ3n) is 1.98. The predicted octanol–water partition coefficient (Wildman–Crippen LogP) is 0.103. The van der Waals surface area contributed by atoms with Crippen LogP contribution in [0.25, 0.3) is 0 Å². The zero-order valence-corrected chi connectivity index (χ0v) is 8.58. The second-order valence-electron chi connectivity index (χ2n) is 3.12. The summed E-state index contributed by atoms with van der Waals surface area (Å²) in [6.45, 7) is 1.15. The van der Waals surface area contributed by atoms with Crippen molar-refractivity contribution < 1.29 is 4.79 Å². The van der Waals surface area contributed by atoms with E-state index in [4.69, 9.17) is 0 Å². The lowest BCUT2D eigenvalue weighted by atomic mass is 10.4. The number of nitrogens with zero attached hydrogens (tertiary/aromatic N) is 4. The van der Waals surface area contributed by atoms with E-state index >= 15 is 0 Å². The van der Waals surface area contributed by atoms with E-state index in [9.17, 15) is 4.79 Å². The topological polar surface area (TPSA) is 72.7 Å². The normalized spacial score (nSPS) is 10.0. The molecule has 0 aromatic carbocycles. The first kappa shape index (κ1) is 10.3. The Morgan fingerprint density at radius 1 is 1.38 bits per heavy atom. The lowest BCUT2D eigenvalue weighted by Crippen LogP contribution is -2.28. The smallest absolute Gasteiger partial charge is 0.271 e. The van der Waals surface area contributed by atoms with Crippen molar-refractivity contribution in [3.63, 3.8) is 0 Å². The number of hydrogen-bond donors (Lipinski definition) is 1. The second kappa shape index (κ2) is 5.01. The molecular weight excluding hydrogens is 206 g/mol. The molecule has 6 heteroatoms. The van der Waals surface area contributed by atoms with Crippen LogP contribution < -0.4 is 5.32 Å². The molecule has 0 aliphatic heterocycles. The number of amides is 1. The molecule has 0 radical (unpaired) electrons. The van der Waals surface area contributed by atoms with Crippen molar-refractivity contribution in [1.82, 2.24) is 25.1 Å². The van der Waals surface area contributed by atoms with Crippen molar-refractivity contribution in [3.05, 3.63) is 42.7 Å². The van der Waals surface area contributed by atoms with Crippen LogP contribution in [0, 0.1) is 0 Å². The molecule has 2 aromatic heterocycles. The van der Waals surface area contributed by atoms with Gasteiger partial charge in [-0.2, -0.15) is 5.10 Å². The van der Waals surface area contributed by atoms with Gasteiger partial charge in [0.25, 0.3) is 5.91 Å². The molecule has 82 valence electrons. The third-order valence-corrected chi connectivity index (χ3v) is 1.98. The van der Waals surface area contributed by atoms with E-state index in [1.54, 1.807) is 10.9 Å². The molecule has 0 bridgehead atoms. The summed E-state index contributed by atoms with van der Waals surface area (Å²) in [6.07, 6.45) is 7.99. The van der Waals surface area contributed by atoms with Crippen molar-refractivity contribution in [3.8, 4) is 0 Å². The van der Waals surface area contributed by atoms with Gasteiger partial charge in [0.05, 0.1) is 12.7 Å². The summed E-state index contributed by atoms with van der Waals surface area (Å²) in [7, 11) is 0. The number of rotatable bonds is 4. The van der Waals surface area contributed by atoms with Gasteiger partial charge in [0.15, 0.2) is 0 Å². The zero-order valence-electron chi connectivity index (χ0n) is 8.58. The molecular formula is C10H11N5O. The van der Waals surface area contributed by atoms with Gasteiger partial charge in [-0.1, -0.05) is 0 Å². The van der Waals surface area contributed by atoms with Crippen molar-refractivity contribution in [2.24, 2.45) is 0 Å². The molecule has 0 spiro atoms. The van der Waals surface area contributed by atoms with Gasteiger partial charge in [-0.3, -0.25) is 14.5 Å². The van der Waals surface area contributed by atoms with E-state index in [0.717, 1.165) is 0 Å². The standard InChI is InChI=1S/C10H11N5O/c16-10(9-8-11-3-4-12-9)13-5-7-15-6-1-2-14-15/h1-4,6,8H,5,7H2,(H,13,16). The summed E-state index contributed by atoms with van der Waals surface area (Å²) < 4.78 is 1.75. The number of carbonyl (C=O) groups excluding carboxylic acids is 1. The van der Waals surface area contributed by atoms with Crippen LogP contribution in [0.3, 0.4) is 0 Å². The summed E-state index contributed by atoms with van der Waals surface area (Å²) in [5, 5.41) is 6.76. The molecule has 1 amide bonds. The minimum absolute atomic E-state index is 0.222. The van der Waals surface area contributed by atoms with Crippen LogP contribution in [-0.2, 0) is 6.54 Å². The zero-order chi connectivity index (χ0) is 11.2. The fraction of sp³-hybridized carbons (Fsp3) is 0.200. The quantitative estimate of drug-likeness (QED) is 0.788. The lowest BCUT2D eigenvalue weighted by molar-refractivity contribution is 0.0946. The van der Waals surface area contributed by atoms with Gasteiger partial charge in [0, 0.05) is 31.3 Å². The fourth-order valence-electron chi connectivity index (χ4n) is 1.22. The van der Waals surface area contributed by atoms with E-state index < -0.39 is 0 Å². The van der Waals surface area contributed by atoms with E-state index in [2.05, 4.69) is 20.4 Å². The lowest BCUT2D eigenvalue weighted by Gasteiger charge is -2.04. The average molecular weight is 217 g/mol. The highest BCUT2D eigenvalue weighted by molar-refractivity contribution is 5.91. The third kappa shape index (κ3) is 2.63. The van der Waals surface area contributed by atoms with E-state index in [0.29, 0.717) is 18.8 Å². The van der Waals surface area contributed by atoms with Crippen LogP contribution in [0.1, 0.15) is 10.5 Å². The first-order valence-electron chi connectivity index (χ1n) is 4.88. The maximum atomic E-state index is 11.5. The second-order valence-corrected chi connectivity index (χ2v) is 3.12. The number of aromatic nitrogens is 4. The van der Waals surface area contributed by atoms with Gasteiger partial charge in [-0.05, 0) is 6.07 Å². The largest absolute Gasteiger partial charge is 0.349 e.